The zero-order valence-electron chi connectivity index (χ0n) is 16.4. The van der Waals surface area contributed by atoms with Gasteiger partial charge in [0.05, 0.1) is 18.8 Å². The van der Waals surface area contributed by atoms with Crippen LogP contribution in [0, 0.1) is 16.2 Å². The molecule has 2 atom stereocenters. The fraction of sp³-hybridized carbons (Fsp3) is 0.556. The molecule has 0 aliphatic heterocycles. The zero-order valence-corrected chi connectivity index (χ0v) is 16.4. The lowest BCUT2D eigenvalue weighted by Crippen LogP contribution is -2.54. The number of carboxylic acids is 2. The summed E-state index contributed by atoms with van der Waals surface area (Å²) in [6.45, 7) is 3.66. The summed E-state index contributed by atoms with van der Waals surface area (Å²) < 4.78 is 54.8. The molecule has 0 aromatic heterocycles. The van der Waals surface area contributed by atoms with Crippen LogP contribution in [0.15, 0.2) is 23.1 Å². The number of hydrogen-bond acceptors (Lipinski definition) is 6. The Bertz CT molecular complexity index is 813. The summed E-state index contributed by atoms with van der Waals surface area (Å²) in [5, 5.41) is 18.9. The minimum absolute atomic E-state index is 0.334. The van der Waals surface area contributed by atoms with Crippen LogP contribution in [-0.2, 0) is 28.7 Å². The van der Waals surface area contributed by atoms with E-state index in [0.29, 0.717) is 20.8 Å². The molecule has 0 amide bonds. The molecular weight excluding hydrogens is 401 g/mol. The van der Waals surface area contributed by atoms with Crippen molar-refractivity contribution in [2.75, 3.05) is 13.2 Å². The third-order valence-electron chi connectivity index (χ3n) is 5.23. The second-order valence-electron chi connectivity index (χ2n) is 6.74. The van der Waals surface area contributed by atoms with Crippen LogP contribution in [0.4, 0.5) is 13.2 Å². The standard InChI is InChI=1S/C18H21F3O8/c1-6-28-14(26)16(3,15(27)29-7-2)8-9(19)11(21)18(5,13(24)25)17(4,10(8)20)12(22)23/h6-7H2,1-5H3,(H,22,23)(H,24,25). The lowest BCUT2D eigenvalue weighted by Gasteiger charge is -2.43. The van der Waals surface area contributed by atoms with Crippen molar-refractivity contribution >= 4 is 23.9 Å². The molecule has 2 N–H and O–H groups in total. The van der Waals surface area contributed by atoms with Crippen LogP contribution < -0.4 is 0 Å². The number of aliphatic carboxylic acids is 2. The van der Waals surface area contributed by atoms with E-state index in [0.717, 1.165) is 0 Å². The minimum atomic E-state index is -3.21. The highest BCUT2D eigenvalue weighted by Crippen LogP contribution is 2.60. The molecule has 0 aromatic carbocycles. The number of rotatable bonds is 7. The van der Waals surface area contributed by atoms with Crippen LogP contribution in [0.2, 0.25) is 0 Å². The minimum Gasteiger partial charge on any atom is -0.480 e. The average molecular weight is 422 g/mol. The largest absolute Gasteiger partial charge is 0.480 e. The van der Waals surface area contributed by atoms with Crippen LogP contribution in [0.1, 0.15) is 34.6 Å². The molecule has 1 aliphatic carbocycles. The van der Waals surface area contributed by atoms with Gasteiger partial charge in [-0.05, 0) is 34.6 Å². The Morgan fingerprint density at radius 2 is 1.21 bits per heavy atom. The van der Waals surface area contributed by atoms with E-state index < -0.39 is 63.2 Å². The Hall–Kier alpha value is -2.85. The Kier molecular flexibility index (Phi) is 6.57. The van der Waals surface area contributed by atoms with Crippen molar-refractivity contribution in [2.24, 2.45) is 16.2 Å². The number of carboxylic acid groups (broad SMARTS) is 2. The molecule has 0 saturated heterocycles. The molecule has 2 unspecified atom stereocenters. The van der Waals surface area contributed by atoms with Crippen molar-refractivity contribution in [1.29, 1.82) is 0 Å². The first-order valence-electron chi connectivity index (χ1n) is 8.48. The molecule has 0 saturated carbocycles. The molecule has 0 fully saturated rings. The van der Waals surface area contributed by atoms with Crippen molar-refractivity contribution in [3.05, 3.63) is 23.1 Å². The van der Waals surface area contributed by atoms with Gasteiger partial charge in [0.2, 0.25) is 0 Å². The summed E-state index contributed by atoms with van der Waals surface area (Å²) in [4.78, 5) is 48.4. The monoisotopic (exact) mass is 422 g/mol. The lowest BCUT2D eigenvalue weighted by atomic mass is 9.58. The first kappa shape index (κ1) is 24.2. The molecule has 29 heavy (non-hydrogen) atoms. The fourth-order valence-electron chi connectivity index (χ4n) is 3.01. The Balaban J connectivity index is 4.10. The topological polar surface area (TPSA) is 127 Å². The average Bonchev–Trinajstić information content (AvgIpc) is 2.64. The SMILES string of the molecule is CCOC(=O)C(C)(C(=O)OCC)C1=C(F)C(C)(C(=O)O)C(C)(C(=O)O)C(F)=C1F. The number of carbonyl (C=O) groups excluding carboxylic acids is 2. The first-order chi connectivity index (χ1) is 13.2. The van der Waals surface area contributed by atoms with Crippen LogP contribution >= 0.6 is 0 Å². The Morgan fingerprint density at radius 1 is 0.862 bits per heavy atom. The van der Waals surface area contributed by atoms with Crippen molar-refractivity contribution < 1.29 is 52.0 Å². The van der Waals surface area contributed by atoms with Gasteiger partial charge in [-0.25, -0.2) is 13.2 Å². The van der Waals surface area contributed by atoms with Gasteiger partial charge in [-0.3, -0.25) is 19.2 Å². The second kappa shape index (κ2) is 7.88. The maximum atomic E-state index is 15.5. The number of ether oxygens (including phenoxy) is 2. The third kappa shape index (κ3) is 3.08. The first-order valence-corrected chi connectivity index (χ1v) is 8.48. The molecule has 1 rings (SSSR count). The van der Waals surface area contributed by atoms with Gasteiger partial charge in [0.15, 0.2) is 17.1 Å². The molecular formula is C18H21F3O8. The molecule has 0 heterocycles. The van der Waals surface area contributed by atoms with E-state index in [2.05, 4.69) is 9.47 Å². The second-order valence-corrected chi connectivity index (χ2v) is 6.74. The van der Waals surface area contributed by atoms with Gasteiger partial charge in [0, 0.05) is 0 Å². The van der Waals surface area contributed by atoms with E-state index >= 15 is 4.39 Å². The van der Waals surface area contributed by atoms with E-state index in [1.807, 2.05) is 0 Å². The van der Waals surface area contributed by atoms with Crippen LogP contribution in [0.3, 0.4) is 0 Å². The maximum absolute atomic E-state index is 15.5. The summed E-state index contributed by atoms with van der Waals surface area (Å²) in [5.74, 6) is -13.7. The summed E-state index contributed by atoms with van der Waals surface area (Å²) in [6, 6.07) is 0. The third-order valence-corrected chi connectivity index (χ3v) is 5.23. The van der Waals surface area contributed by atoms with E-state index in [4.69, 9.17) is 0 Å². The van der Waals surface area contributed by atoms with Gasteiger partial charge in [-0.1, -0.05) is 0 Å². The van der Waals surface area contributed by atoms with Crippen molar-refractivity contribution in [2.45, 2.75) is 34.6 Å². The summed E-state index contributed by atoms with van der Waals surface area (Å²) in [5.41, 5.74) is -10.9. The van der Waals surface area contributed by atoms with Gasteiger partial charge in [-0.15, -0.1) is 0 Å². The number of hydrogen-bond donors (Lipinski definition) is 2. The van der Waals surface area contributed by atoms with Gasteiger partial charge in [-0.2, -0.15) is 0 Å². The predicted molar refractivity (Wildman–Crippen MR) is 90.2 cm³/mol. The molecule has 1 aliphatic rings. The molecule has 0 bridgehead atoms. The summed E-state index contributed by atoms with van der Waals surface area (Å²) >= 11 is 0. The number of halogens is 3. The van der Waals surface area contributed by atoms with E-state index in [1.165, 1.54) is 13.8 Å². The fourth-order valence-corrected chi connectivity index (χ4v) is 3.01. The van der Waals surface area contributed by atoms with Crippen molar-refractivity contribution in [3.8, 4) is 0 Å². The van der Waals surface area contributed by atoms with Crippen molar-refractivity contribution in [1.82, 2.24) is 0 Å². The smallest absolute Gasteiger partial charge is 0.327 e. The van der Waals surface area contributed by atoms with E-state index in [9.17, 15) is 38.2 Å². The Morgan fingerprint density at radius 3 is 1.52 bits per heavy atom. The van der Waals surface area contributed by atoms with Crippen LogP contribution in [-0.4, -0.2) is 47.3 Å². The highest BCUT2D eigenvalue weighted by atomic mass is 19.2. The van der Waals surface area contributed by atoms with Crippen molar-refractivity contribution in [3.63, 3.8) is 0 Å². The van der Waals surface area contributed by atoms with Gasteiger partial charge in [0.25, 0.3) is 0 Å². The molecule has 0 aromatic rings. The van der Waals surface area contributed by atoms with Gasteiger partial charge >= 0.3 is 23.9 Å². The van der Waals surface area contributed by atoms with Gasteiger partial charge < -0.3 is 19.7 Å². The molecule has 0 spiro atoms. The van der Waals surface area contributed by atoms with Crippen LogP contribution in [0.5, 0.6) is 0 Å². The Labute approximate surface area is 164 Å². The van der Waals surface area contributed by atoms with Crippen LogP contribution in [0.25, 0.3) is 0 Å². The lowest BCUT2D eigenvalue weighted by molar-refractivity contribution is -0.171. The molecule has 0 radical (unpaired) electrons. The normalized spacial score (nSPS) is 25.0. The molecule has 8 nitrogen and oxygen atoms in total. The number of esters is 2. The van der Waals surface area contributed by atoms with E-state index in [-0.39, 0.29) is 13.2 Å². The summed E-state index contributed by atoms with van der Waals surface area (Å²) in [7, 11) is 0. The number of allylic oxidation sites excluding steroid dienone is 1. The predicted octanol–water partition coefficient (Wildman–Crippen LogP) is 2.69. The highest BCUT2D eigenvalue weighted by molar-refractivity contribution is 6.05. The van der Waals surface area contributed by atoms with E-state index in [1.54, 1.807) is 0 Å². The van der Waals surface area contributed by atoms with Gasteiger partial charge in [0.1, 0.15) is 16.7 Å². The number of carbonyl (C=O) groups is 4. The molecule has 162 valence electrons. The quantitative estimate of drug-likeness (QED) is 0.474. The summed E-state index contributed by atoms with van der Waals surface area (Å²) in [6.07, 6.45) is 0. The highest BCUT2D eigenvalue weighted by Gasteiger charge is 2.68. The maximum Gasteiger partial charge on any atom is 0.327 e. The molecule has 11 heteroatoms. The zero-order chi connectivity index (χ0) is 22.9.